The minimum Gasteiger partial charge on any atom is -0.378 e. The molecule has 0 bridgehead atoms. The second kappa shape index (κ2) is 7.94. The molecule has 3 aromatic heterocycles. The smallest absolute Gasteiger partial charge is 0.226 e. The predicted molar refractivity (Wildman–Crippen MR) is 110 cm³/mol. The molecule has 0 unspecified atom stereocenters. The van der Waals surface area contributed by atoms with E-state index in [1.165, 1.54) is 4.88 Å². The number of fused-ring (bicyclic) bond motifs is 1. The van der Waals surface area contributed by atoms with Crippen LogP contribution >= 0.6 is 11.3 Å². The summed E-state index contributed by atoms with van der Waals surface area (Å²) in [4.78, 5) is 26.4. The number of anilines is 2. The monoisotopic (exact) mass is 397 g/mol. The Hall–Kier alpha value is -2.36. The van der Waals surface area contributed by atoms with Crippen LogP contribution in [0.5, 0.6) is 0 Å². The van der Waals surface area contributed by atoms with Crippen molar-refractivity contribution in [1.82, 2.24) is 24.8 Å². The van der Waals surface area contributed by atoms with Gasteiger partial charge in [-0.3, -0.25) is 4.90 Å². The Kier molecular flexibility index (Phi) is 5.03. The average molecular weight is 398 g/mol. The molecule has 0 saturated carbocycles. The maximum Gasteiger partial charge on any atom is 0.226 e. The van der Waals surface area contributed by atoms with E-state index in [1.807, 2.05) is 12.3 Å². The summed E-state index contributed by atoms with van der Waals surface area (Å²) in [5.41, 5.74) is 1.05. The van der Waals surface area contributed by atoms with Crippen LogP contribution < -0.4 is 9.80 Å². The number of piperazine rings is 1. The van der Waals surface area contributed by atoms with Crippen LogP contribution in [0.3, 0.4) is 0 Å². The minimum absolute atomic E-state index is 0.746. The fraction of sp³-hybridized carbons (Fsp3) is 0.474. The fourth-order valence-electron chi connectivity index (χ4n) is 3.65. The molecule has 0 aliphatic carbocycles. The molecule has 0 spiro atoms. The molecular formula is C19H23N7OS. The Balaban J connectivity index is 1.23. The quantitative estimate of drug-likeness (QED) is 0.658. The minimum atomic E-state index is 0.746. The van der Waals surface area contributed by atoms with E-state index in [9.17, 15) is 0 Å². The molecule has 2 aliphatic heterocycles. The van der Waals surface area contributed by atoms with Crippen LogP contribution in [0.25, 0.3) is 10.2 Å². The summed E-state index contributed by atoms with van der Waals surface area (Å²) in [6.07, 6.45) is 5.57. The lowest BCUT2D eigenvalue weighted by Crippen LogP contribution is -2.46. The van der Waals surface area contributed by atoms with Crippen molar-refractivity contribution in [2.45, 2.75) is 6.54 Å². The van der Waals surface area contributed by atoms with Crippen LogP contribution in [0.1, 0.15) is 4.88 Å². The normalized spacial score (nSPS) is 18.7. The first-order valence-electron chi connectivity index (χ1n) is 9.68. The zero-order valence-corrected chi connectivity index (χ0v) is 16.5. The summed E-state index contributed by atoms with van der Waals surface area (Å²) in [5.74, 6) is 1.64. The average Bonchev–Trinajstić information content (AvgIpc) is 3.17. The number of ether oxygens (including phenoxy) is 1. The SMILES string of the molecule is c1cnc(N2CCN(Cc3cc4nc(N5CCOCC5)ncc4s3)CC2)nc1. The van der Waals surface area contributed by atoms with Gasteiger partial charge in [0.05, 0.1) is 29.6 Å². The van der Waals surface area contributed by atoms with Crippen LogP contribution in [0.15, 0.2) is 30.7 Å². The molecule has 3 aromatic rings. The third kappa shape index (κ3) is 3.78. The van der Waals surface area contributed by atoms with Gasteiger partial charge in [0.15, 0.2) is 0 Å². The maximum absolute atomic E-state index is 5.42. The highest BCUT2D eigenvalue weighted by atomic mass is 32.1. The number of nitrogens with zero attached hydrogens (tertiary/aromatic N) is 7. The van der Waals surface area contributed by atoms with Gasteiger partial charge < -0.3 is 14.5 Å². The number of aromatic nitrogens is 4. The highest BCUT2D eigenvalue weighted by Crippen LogP contribution is 2.27. The van der Waals surface area contributed by atoms with Crippen molar-refractivity contribution >= 4 is 33.5 Å². The van der Waals surface area contributed by atoms with E-state index in [0.29, 0.717) is 0 Å². The molecule has 146 valence electrons. The van der Waals surface area contributed by atoms with Crippen molar-refractivity contribution in [3.63, 3.8) is 0 Å². The van der Waals surface area contributed by atoms with E-state index >= 15 is 0 Å². The van der Waals surface area contributed by atoms with Gasteiger partial charge in [0.2, 0.25) is 11.9 Å². The standard InChI is InChI=1S/C19H23N7OS/c1-2-20-18(21-3-1)25-6-4-24(5-7-25)14-15-12-16-17(28-15)13-22-19(23-16)26-8-10-27-11-9-26/h1-3,12-13H,4-11,14H2. The molecule has 2 saturated heterocycles. The molecule has 28 heavy (non-hydrogen) atoms. The number of hydrogen-bond acceptors (Lipinski definition) is 9. The van der Waals surface area contributed by atoms with E-state index < -0.39 is 0 Å². The van der Waals surface area contributed by atoms with E-state index in [-0.39, 0.29) is 0 Å². The van der Waals surface area contributed by atoms with Gasteiger partial charge >= 0.3 is 0 Å². The molecule has 9 heteroatoms. The molecule has 0 N–H and O–H groups in total. The largest absolute Gasteiger partial charge is 0.378 e. The summed E-state index contributed by atoms with van der Waals surface area (Å²) in [5, 5.41) is 0. The van der Waals surface area contributed by atoms with Crippen molar-refractivity contribution in [3.05, 3.63) is 35.6 Å². The second-order valence-electron chi connectivity index (χ2n) is 7.04. The van der Waals surface area contributed by atoms with Gasteiger partial charge in [-0.2, -0.15) is 0 Å². The number of thiophene rings is 1. The molecule has 8 nitrogen and oxygen atoms in total. The number of morpholine rings is 1. The van der Waals surface area contributed by atoms with E-state index in [1.54, 1.807) is 23.7 Å². The van der Waals surface area contributed by atoms with Gasteiger partial charge in [0.25, 0.3) is 0 Å². The molecule has 5 rings (SSSR count). The third-order valence-electron chi connectivity index (χ3n) is 5.19. The van der Waals surface area contributed by atoms with Crippen molar-refractivity contribution in [1.29, 1.82) is 0 Å². The fourth-order valence-corrected chi connectivity index (χ4v) is 4.67. The van der Waals surface area contributed by atoms with Crippen molar-refractivity contribution < 1.29 is 4.74 Å². The Morgan fingerprint density at radius 1 is 0.893 bits per heavy atom. The van der Waals surface area contributed by atoms with Gasteiger partial charge in [-0.1, -0.05) is 0 Å². The summed E-state index contributed by atoms with van der Waals surface area (Å²) in [6, 6.07) is 4.08. The first kappa shape index (κ1) is 17.7. The lowest BCUT2D eigenvalue weighted by molar-refractivity contribution is 0.122. The Bertz CT molecular complexity index is 920. The van der Waals surface area contributed by atoms with Crippen LogP contribution in [-0.4, -0.2) is 77.3 Å². The first-order chi connectivity index (χ1) is 13.8. The van der Waals surface area contributed by atoms with E-state index in [4.69, 9.17) is 9.72 Å². The van der Waals surface area contributed by atoms with Gasteiger partial charge in [0.1, 0.15) is 0 Å². The zero-order valence-electron chi connectivity index (χ0n) is 15.7. The molecular weight excluding hydrogens is 374 g/mol. The Labute approximate surface area is 167 Å². The first-order valence-corrected chi connectivity index (χ1v) is 10.5. The summed E-state index contributed by atoms with van der Waals surface area (Å²) in [6.45, 7) is 8.10. The summed E-state index contributed by atoms with van der Waals surface area (Å²) in [7, 11) is 0. The molecule has 0 atom stereocenters. The van der Waals surface area contributed by atoms with Crippen LogP contribution in [-0.2, 0) is 11.3 Å². The summed E-state index contributed by atoms with van der Waals surface area (Å²) < 4.78 is 6.58. The lowest BCUT2D eigenvalue weighted by atomic mass is 10.3. The van der Waals surface area contributed by atoms with Gasteiger partial charge in [-0.25, -0.2) is 19.9 Å². The van der Waals surface area contributed by atoms with E-state index in [0.717, 1.165) is 81.1 Å². The highest BCUT2D eigenvalue weighted by molar-refractivity contribution is 7.18. The molecule has 2 aliphatic rings. The van der Waals surface area contributed by atoms with Crippen molar-refractivity contribution in [2.75, 3.05) is 62.3 Å². The second-order valence-corrected chi connectivity index (χ2v) is 8.21. The molecule has 2 fully saturated rings. The molecule has 5 heterocycles. The topological polar surface area (TPSA) is 70.5 Å². The number of rotatable bonds is 4. The van der Waals surface area contributed by atoms with Crippen molar-refractivity contribution in [3.8, 4) is 0 Å². The highest BCUT2D eigenvalue weighted by Gasteiger charge is 2.20. The lowest BCUT2D eigenvalue weighted by Gasteiger charge is -2.34. The van der Waals surface area contributed by atoms with Gasteiger partial charge in [-0.05, 0) is 12.1 Å². The molecule has 0 radical (unpaired) electrons. The Morgan fingerprint density at radius 3 is 2.43 bits per heavy atom. The van der Waals surface area contributed by atoms with Crippen LogP contribution in [0.2, 0.25) is 0 Å². The third-order valence-corrected chi connectivity index (χ3v) is 6.23. The van der Waals surface area contributed by atoms with E-state index in [2.05, 4.69) is 35.7 Å². The maximum atomic E-state index is 5.42. The summed E-state index contributed by atoms with van der Waals surface area (Å²) >= 11 is 1.80. The zero-order chi connectivity index (χ0) is 18.8. The van der Waals surface area contributed by atoms with Crippen LogP contribution in [0, 0.1) is 0 Å². The molecule has 0 aromatic carbocycles. The van der Waals surface area contributed by atoms with Crippen LogP contribution in [0.4, 0.5) is 11.9 Å². The molecule has 0 amide bonds. The Morgan fingerprint density at radius 2 is 1.64 bits per heavy atom. The van der Waals surface area contributed by atoms with Gasteiger partial charge in [-0.15, -0.1) is 11.3 Å². The van der Waals surface area contributed by atoms with Gasteiger partial charge in [0, 0.05) is 63.1 Å². The number of hydrogen-bond donors (Lipinski definition) is 0. The van der Waals surface area contributed by atoms with Crippen molar-refractivity contribution in [2.24, 2.45) is 0 Å². The predicted octanol–water partition coefficient (Wildman–Crippen LogP) is 1.64.